The van der Waals surface area contributed by atoms with Gasteiger partial charge >= 0.3 is 0 Å². The minimum Gasteiger partial charge on any atom is -0.322 e. The fraction of sp³-hybridized carbons (Fsp3) is 0.353. The van der Waals surface area contributed by atoms with Crippen molar-refractivity contribution in [2.24, 2.45) is 0 Å². The van der Waals surface area contributed by atoms with Crippen LogP contribution in [0.25, 0.3) is 11.3 Å². The third-order valence-electron chi connectivity index (χ3n) is 4.08. The van der Waals surface area contributed by atoms with Crippen LogP contribution >= 0.6 is 0 Å². The summed E-state index contributed by atoms with van der Waals surface area (Å²) >= 11 is 0. The van der Waals surface area contributed by atoms with Crippen LogP contribution < -0.4 is 10.9 Å². The number of hydrogen-bond acceptors (Lipinski definition) is 2. The molecule has 21 heavy (non-hydrogen) atoms. The molecule has 2 aromatic rings. The predicted molar refractivity (Wildman–Crippen MR) is 81.6 cm³/mol. The molecule has 0 atom stereocenters. The van der Waals surface area contributed by atoms with Gasteiger partial charge in [0, 0.05) is 23.8 Å². The van der Waals surface area contributed by atoms with Gasteiger partial charge in [-0.25, -0.2) is 4.39 Å². The number of rotatable bonds is 4. The average molecular weight is 286 g/mol. The highest BCUT2D eigenvalue weighted by molar-refractivity contribution is 5.58. The van der Waals surface area contributed by atoms with Gasteiger partial charge in [0.2, 0.25) is 0 Å². The Bertz CT molecular complexity index is 657. The molecule has 0 aliphatic heterocycles. The quantitative estimate of drug-likeness (QED) is 0.906. The molecule has 0 saturated heterocycles. The van der Waals surface area contributed by atoms with E-state index in [9.17, 15) is 9.18 Å². The van der Waals surface area contributed by atoms with Crippen molar-refractivity contribution in [3.05, 3.63) is 58.1 Å². The number of pyridine rings is 1. The zero-order valence-corrected chi connectivity index (χ0v) is 11.9. The molecule has 4 heteroatoms. The van der Waals surface area contributed by atoms with Crippen LogP contribution in [-0.4, -0.2) is 11.0 Å². The van der Waals surface area contributed by atoms with Crippen LogP contribution in [0.1, 0.15) is 31.2 Å². The molecule has 1 aliphatic rings. The fourth-order valence-electron chi connectivity index (χ4n) is 2.83. The molecule has 1 fully saturated rings. The van der Waals surface area contributed by atoms with Crippen molar-refractivity contribution < 1.29 is 4.39 Å². The standard InChI is InChI=1S/C17H19FN2O/c18-14-8-5-12(6-9-14)16-10-7-13(17(21)20-16)11-19-15-3-1-2-4-15/h5-10,15,19H,1-4,11H2,(H,20,21). The Hall–Kier alpha value is -1.94. The molecule has 3 rings (SSSR count). The van der Waals surface area contributed by atoms with Crippen LogP contribution in [0.2, 0.25) is 0 Å². The van der Waals surface area contributed by atoms with Gasteiger partial charge in [-0.3, -0.25) is 4.79 Å². The summed E-state index contributed by atoms with van der Waals surface area (Å²) in [5.74, 6) is -0.279. The van der Waals surface area contributed by atoms with E-state index in [4.69, 9.17) is 0 Å². The number of H-pyrrole nitrogens is 1. The molecule has 0 spiro atoms. The molecule has 2 N–H and O–H groups in total. The van der Waals surface area contributed by atoms with E-state index in [-0.39, 0.29) is 11.4 Å². The SMILES string of the molecule is O=c1[nH]c(-c2ccc(F)cc2)ccc1CNC1CCCC1. The van der Waals surface area contributed by atoms with Gasteiger partial charge < -0.3 is 10.3 Å². The molecular formula is C17H19FN2O. The lowest BCUT2D eigenvalue weighted by atomic mass is 10.1. The van der Waals surface area contributed by atoms with Crippen molar-refractivity contribution in [2.75, 3.05) is 0 Å². The zero-order valence-electron chi connectivity index (χ0n) is 11.9. The van der Waals surface area contributed by atoms with E-state index >= 15 is 0 Å². The van der Waals surface area contributed by atoms with Crippen LogP contribution in [0.5, 0.6) is 0 Å². The number of halogens is 1. The van der Waals surface area contributed by atoms with E-state index in [0.29, 0.717) is 18.3 Å². The van der Waals surface area contributed by atoms with E-state index in [1.807, 2.05) is 12.1 Å². The molecule has 110 valence electrons. The highest BCUT2D eigenvalue weighted by Gasteiger charge is 2.14. The van der Waals surface area contributed by atoms with Gasteiger partial charge in [-0.2, -0.15) is 0 Å². The topological polar surface area (TPSA) is 44.9 Å². The summed E-state index contributed by atoms with van der Waals surface area (Å²) in [6, 6.07) is 10.4. The summed E-state index contributed by atoms with van der Waals surface area (Å²) in [5, 5.41) is 3.44. The Labute approximate surface area is 123 Å². The Morgan fingerprint density at radius 1 is 1.10 bits per heavy atom. The maximum atomic E-state index is 12.9. The van der Waals surface area contributed by atoms with Crippen molar-refractivity contribution in [1.29, 1.82) is 0 Å². The Morgan fingerprint density at radius 2 is 1.81 bits per heavy atom. The molecule has 3 nitrogen and oxygen atoms in total. The number of benzene rings is 1. The largest absolute Gasteiger partial charge is 0.322 e. The smallest absolute Gasteiger partial charge is 0.252 e. The Morgan fingerprint density at radius 3 is 2.48 bits per heavy atom. The molecule has 1 saturated carbocycles. The van der Waals surface area contributed by atoms with E-state index in [0.717, 1.165) is 11.1 Å². The molecule has 1 aromatic carbocycles. The van der Waals surface area contributed by atoms with Crippen LogP contribution in [0.3, 0.4) is 0 Å². The van der Waals surface area contributed by atoms with E-state index in [1.165, 1.54) is 37.8 Å². The molecule has 1 aliphatic carbocycles. The molecule has 1 aromatic heterocycles. The highest BCUT2D eigenvalue weighted by atomic mass is 19.1. The maximum Gasteiger partial charge on any atom is 0.252 e. The summed E-state index contributed by atoms with van der Waals surface area (Å²) in [7, 11) is 0. The first-order chi connectivity index (χ1) is 10.2. The Balaban J connectivity index is 1.73. The van der Waals surface area contributed by atoms with E-state index in [2.05, 4.69) is 10.3 Å². The minimum absolute atomic E-state index is 0.0812. The molecule has 0 bridgehead atoms. The number of nitrogens with one attached hydrogen (secondary N) is 2. The summed E-state index contributed by atoms with van der Waals surface area (Å²) in [6.07, 6.45) is 4.95. The van der Waals surface area contributed by atoms with Crippen molar-refractivity contribution in [3.8, 4) is 11.3 Å². The lowest BCUT2D eigenvalue weighted by Crippen LogP contribution is -2.28. The Kier molecular flexibility index (Phi) is 4.15. The molecule has 0 amide bonds. The third-order valence-corrected chi connectivity index (χ3v) is 4.08. The van der Waals surface area contributed by atoms with Gasteiger partial charge in [0.15, 0.2) is 0 Å². The average Bonchev–Trinajstić information content (AvgIpc) is 3.00. The van der Waals surface area contributed by atoms with E-state index in [1.54, 1.807) is 12.1 Å². The molecule has 0 unspecified atom stereocenters. The van der Waals surface area contributed by atoms with Crippen LogP contribution in [0, 0.1) is 5.82 Å². The molecule has 0 radical (unpaired) electrons. The first-order valence-corrected chi connectivity index (χ1v) is 7.44. The second-order valence-corrected chi connectivity index (χ2v) is 5.60. The fourth-order valence-corrected chi connectivity index (χ4v) is 2.83. The third kappa shape index (κ3) is 3.39. The summed E-state index contributed by atoms with van der Waals surface area (Å²) in [5.41, 5.74) is 2.18. The van der Waals surface area contributed by atoms with E-state index < -0.39 is 0 Å². The number of aromatic nitrogens is 1. The van der Waals surface area contributed by atoms with Crippen LogP contribution in [0.4, 0.5) is 4.39 Å². The minimum atomic E-state index is -0.279. The monoisotopic (exact) mass is 286 g/mol. The van der Waals surface area contributed by atoms with Crippen LogP contribution in [-0.2, 0) is 6.54 Å². The van der Waals surface area contributed by atoms with Gasteiger partial charge in [0.25, 0.3) is 5.56 Å². The lowest BCUT2D eigenvalue weighted by molar-refractivity contribution is 0.522. The van der Waals surface area contributed by atoms with Gasteiger partial charge in [0.05, 0.1) is 0 Å². The van der Waals surface area contributed by atoms with Crippen molar-refractivity contribution in [1.82, 2.24) is 10.3 Å². The van der Waals surface area contributed by atoms with Crippen molar-refractivity contribution in [3.63, 3.8) is 0 Å². The second kappa shape index (κ2) is 6.22. The molecule has 1 heterocycles. The summed E-state index contributed by atoms with van der Waals surface area (Å²) in [6.45, 7) is 0.601. The summed E-state index contributed by atoms with van der Waals surface area (Å²) in [4.78, 5) is 15.0. The number of aromatic amines is 1. The summed E-state index contributed by atoms with van der Waals surface area (Å²) < 4.78 is 12.9. The van der Waals surface area contributed by atoms with Crippen molar-refractivity contribution >= 4 is 0 Å². The normalized spacial score (nSPS) is 15.5. The second-order valence-electron chi connectivity index (χ2n) is 5.60. The van der Waals surface area contributed by atoms with Gasteiger partial charge in [-0.1, -0.05) is 18.9 Å². The molecular weight excluding hydrogens is 267 g/mol. The number of hydrogen-bond donors (Lipinski definition) is 2. The van der Waals surface area contributed by atoms with Crippen molar-refractivity contribution in [2.45, 2.75) is 38.3 Å². The first kappa shape index (κ1) is 14.0. The predicted octanol–water partition coefficient (Wildman–Crippen LogP) is 3.21. The van der Waals surface area contributed by atoms with Gasteiger partial charge in [0.1, 0.15) is 5.82 Å². The highest BCUT2D eigenvalue weighted by Crippen LogP contribution is 2.18. The lowest BCUT2D eigenvalue weighted by Gasteiger charge is -2.11. The van der Waals surface area contributed by atoms with Gasteiger partial charge in [-0.05, 0) is 48.7 Å². The maximum absolute atomic E-state index is 12.9. The first-order valence-electron chi connectivity index (χ1n) is 7.44. The van der Waals surface area contributed by atoms with Crippen LogP contribution in [0.15, 0.2) is 41.2 Å². The zero-order chi connectivity index (χ0) is 14.7. The van der Waals surface area contributed by atoms with Gasteiger partial charge in [-0.15, -0.1) is 0 Å².